The normalized spacial score (nSPS) is 15.7. The molecule has 4 amide bonds. The highest BCUT2D eigenvalue weighted by Crippen LogP contribution is 2.40. The molecule has 2 fully saturated rings. The van der Waals surface area contributed by atoms with Crippen LogP contribution in [-0.2, 0) is 36.6 Å². The van der Waals surface area contributed by atoms with Gasteiger partial charge in [0.15, 0.2) is 5.11 Å². The van der Waals surface area contributed by atoms with Crippen LogP contribution in [0.3, 0.4) is 0 Å². The summed E-state index contributed by atoms with van der Waals surface area (Å²) in [5, 5.41) is 18.2. The predicted octanol–water partition coefficient (Wildman–Crippen LogP) is 8.23. The van der Waals surface area contributed by atoms with Gasteiger partial charge >= 0.3 is 6.18 Å². The Kier molecular flexibility index (Phi) is 15.0. The molecule has 1 aromatic heterocycles. The predicted molar refractivity (Wildman–Crippen MR) is 255 cm³/mol. The number of alkyl halides is 3. The van der Waals surface area contributed by atoms with E-state index in [1.54, 1.807) is 48.3 Å². The first-order valence-corrected chi connectivity index (χ1v) is 23.0. The summed E-state index contributed by atoms with van der Waals surface area (Å²) in [5.41, 5.74) is 5.18. The van der Waals surface area contributed by atoms with Gasteiger partial charge in [-0.05, 0) is 123 Å². The second-order valence-corrected chi connectivity index (χ2v) is 17.9. The number of hydrogen-bond donors (Lipinski definition) is 3. The van der Waals surface area contributed by atoms with Crippen molar-refractivity contribution in [2.45, 2.75) is 70.8 Å². The molecule has 0 saturated carbocycles. The van der Waals surface area contributed by atoms with Gasteiger partial charge in [-0.25, -0.2) is 4.98 Å². The van der Waals surface area contributed by atoms with E-state index in [-0.39, 0.29) is 35.8 Å². The molecule has 1 atom stereocenters. The second-order valence-electron chi connectivity index (χ2n) is 16.7. The number of aromatic nitrogens is 1. The number of ether oxygens (including phenoxy) is 1. The summed E-state index contributed by atoms with van der Waals surface area (Å²) in [6.07, 6.45) is -2.05. The van der Waals surface area contributed by atoms with Gasteiger partial charge in [-0.1, -0.05) is 48.5 Å². The van der Waals surface area contributed by atoms with Crippen LogP contribution in [0.1, 0.15) is 61.9 Å². The van der Waals surface area contributed by atoms with Gasteiger partial charge < -0.3 is 30.5 Å². The number of hydrogen-bond acceptors (Lipinski definition) is 10. The molecule has 18 heteroatoms. The molecular weight excluding hydrogens is 902 g/mol. The largest absolute Gasteiger partial charge is 0.417 e. The molecule has 0 aliphatic carbocycles. The Morgan fingerprint density at radius 2 is 1.61 bits per heavy atom. The topological polar surface area (TPSA) is 160 Å². The van der Waals surface area contributed by atoms with Crippen molar-refractivity contribution in [3.05, 3.63) is 119 Å². The van der Waals surface area contributed by atoms with Crippen molar-refractivity contribution in [2.24, 2.45) is 0 Å². The van der Waals surface area contributed by atoms with E-state index < -0.39 is 40.7 Å². The number of aryl methyl sites for hydroxylation is 1. The number of thiazole rings is 1. The number of rotatable bonds is 17. The number of carbonyl (C=O) groups excluding carboxylic acids is 4. The molecule has 2 saturated heterocycles. The summed E-state index contributed by atoms with van der Waals surface area (Å²) < 4.78 is 46.7. The van der Waals surface area contributed by atoms with Crippen LogP contribution in [-0.4, -0.2) is 83.1 Å². The van der Waals surface area contributed by atoms with E-state index >= 15 is 0 Å². The number of anilines is 3. The average molecular weight is 951 g/mol. The fraction of sp³-hybridized carbons (Fsp3) is 0.327. The SMILES string of the molecule is Cc1ncsc1-c1ccc(CNC(=O)[C@@H]2CCCN2C(=O)CNC(=O)COCCCCNc2ccc(-c3ccc(N4C(=S)N(c5ccc(C#N)c(C(F)(F)F)c5)C(=O)C4(C)C)cc3)cc2)cc1. The third-order valence-corrected chi connectivity index (χ3v) is 13.1. The Hall–Kier alpha value is -6.68. The Bertz CT molecular complexity index is 2670. The Balaban J connectivity index is 0.792. The molecular formula is C49H49F3N8O5S2. The maximum Gasteiger partial charge on any atom is 0.417 e. The molecule has 7 rings (SSSR count). The first-order valence-electron chi connectivity index (χ1n) is 21.7. The molecule has 2 aliphatic rings. The number of thiocarbonyl (C=S) groups is 1. The summed E-state index contributed by atoms with van der Waals surface area (Å²) in [6, 6.07) is 27.2. The molecule has 67 heavy (non-hydrogen) atoms. The van der Waals surface area contributed by atoms with Crippen LogP contribution < -0.4 is 25.8 Å². The van der Waals surface area contributed by atoms with Crippen molar-refractivity contribution < 1.29 is 37.1 Å². The highest BCUT2D eigenvalue weighted by atomic mass is 32.1. The zero-order chi connectivity index (χ0) is 47.9. The van der Waals surface area contributed by atoms with Crippen LogP contribution in [0, 0.1) is 18.3 Å². The van der Waals surface area contributed by atoms with Crippen LogP contribution in [0.25, 0.3) is 21.6 Å². The number of halogens is 3. The molecule has 2 aliphatic heterocycles. The summed E-state index contributed by atoms with van der Waals surface area (Å²) in [4.78, 5) is 61.7. The Labute approximate surface area is 395 Å². The van der Waals surface area contributed by atoms with Crippen molar-refractivity contribution in [3.8, 4) is 27.6 Å². The van der Waals surface area contributed by atoms with Crippen molar-refractivity contribution in [2.75, 3.05) is 48.0 Å². The van der Waals surface area contributed by atoms with Gasteiger partial charge in [-0.2, -0.15) is 18.4 Å². The van der Waals surface area contributed by atoms with Gasteiger partial charge in [-0.15, -0.1) is 11.3 Å². The number of nitrogens with one attached hydrogen (secondary N) is 3. The lowest BCUT2D eigenvalue weighted by Crippen LogP contribution is -2.49. The second kappa shape index (κ2) is 20.9. The fourth-order valence-corrected chi connectivity index (χ4v) is 9.43. The zero-order valence-corrected chi connectivity index (χ0v) is 38.7. The van der Waals surface area contributed by atoms with Crippen LogP contribution >= 0.6 is 23.6 Å². The van der Waals surface area contributed by atoms with Gasteiger partial charge in [0.05, 0.1) is 45.5 Å². The van der Waals surface area contributed by atoms with Crippen LogP contribution in [0.2, 0.25) is 0 Å². The summed E-state index contributed by atoms with van der Waals surface area (Å²) in [6.45, 7) is 6.70. The molecule has 0 unspecified atom stereocenters. The number of benzene rings is 4. The molecule has 5 aromatic rings. The highest BCUT2D eigenvalue weighted by molar-refractivity contribution is 7.81. The average Bonchev–Trinajstić information content (AvgIpc) is 4.03. The number of nitriles is 1. The smallest absolute Gasteiger partial charge is 0.385 e. The molecule has 3 N–H and O–H groups in total. The molecule has 0 spiro atoms. The lowest BCUT2D eigenvalue weighted by molar-refractivity contribution is -0.139. The van der Waals surface area contributed by atoms with Crippen LogP contribution in [0.15, 0.2) is 96.5 Å². The monoisotopic (exact) mass is 950 g/mol. The van der Waals surface area contributed by atoms with E-state index in [0.29, 0.717) is 51.2 Å². The van der Waals surface area contributed by atoms with Gasteiger partial charge in [0.1, 0.15) is 18.2 Å². The van der Waals surface area contributed by atoms with Gasteiger partial charge in [-0.3, -0.25) is 24.1 Å². The molecule has 4 aromatic carbocycles. The summed E-state index contributed by atoms with van der Waals surface area (Å²) in [7, 11) is 0. The van der Waals surface area contributed by atoms with Crippen molar-refractivity contribution >= 4 is 69.4 Å². The Morgan fingerprint density at radius 3 is 2.27 bits per heavy atom. The lowest BCUT2D eigenvalue weighted by atomic mass is 10.0. The third-order valence-electron chi connectivity index (χ3n) is 11.7. The molecule has 0 bridgehead atoms. The number of unbranched alkanes of at least 4 members (excludes halogenated alkanes) is 1. The van der Waals surface area contributed by atoms with Crippen molar-refractivity contribution in [1.29, 1.82) is 5.26 Å². The van der Waals surface area contributed by atoms with E-state index in [9.17, 15) is 37.6 Å². The molecule has 13 nitrogen and oxygen atoms in total. The van der Waals surface area contributed by atoms with Gasteiger partial charge in [0, 0.05) is 37.6 Å². The molecule has 0 radical (unpaired) electrons. The number of carbonyl (C=O) groups is 4. The van der Waals surface area contributed by atoms with E-state index in [1.807, 2.05) is 73.1 Å². The van der Waals surface area contributed by atoms with E-state index in [2.05, 4.69) is 20.9 Å². The highest BCUT2D eigenvalue weighted by Gasteiger charge is 2.50. The minimum absolute atomic E-state index is 0.0186. The minimum Gasteiger partial charge on any atom is -0.385 e. The lowest BCUT2D eigenvalue weighted by Gasteiger charge is -2.29. The fourth-order valence-electron chi connectivity index (χ4n) is 8.09. The number of amides is 4. The maximum absolute atomic E-state index is 13.7. The van der Waals surface area contributed by atoms with E-state index in [4.69, 9.17) is 17.0 Å². The molecule has 3 heterocycles. The number of nitrogens with zero attached hydrogens (tertiary/aromatic N) is 5. The maximum atomic E-state index is 13.7. The van der Waals surface area contributed by atoms with E-state index in [1.165, 1.54) is 11.0 Å². The quantitative estimate of drug-likeness (QED) is 0.0613. The summed E-state index contributed by atoms with van der Waals surface area (Å²) in [5.74, 6) is -1.44. The first-order chi connectivity index (χ1) is 32.1. The summed E-state index contributed by atoms with van der Waals surface area (Å²) >= 11 is 7.25. The standard InChI is InChI=1S/C49H49F3N8O5S2/c1-31-44(67-30-57-31)35-10-8-32(9-11-35)27-56-45(63)41-7-6-23-58(41)43(62)28-55-42(61)29-65-24-5-4-22-54-37-17-12-33(13-18-37)34-14-19-38(20-15-34)60-47(66)59(46(64)48(60,2)3)39-21-16-36(26-53)40(25-39)49(50,51)52/h8-21,25,30,41,54H,4-7,22-24,27-29H2,1-3H3,(H,55,61)(H,56,63)/t41-/m0/s1. The van der Waals surface area contributed by atoms with Crippen LogP contribution in [0.5, 0.6) is 0 Å². The minimum atomic E-state index is -4.79. The van der Waals surface area contributed by atoms with E-state index in [0.717, 1.165) is 62.0 Å². The Morgan fingerprint density at radius 1 is 0.940 bits per heavy atom. The van der Waals surface area contributed by atoms with Crippen molar-refractivity contribution in [1.82, 2.24) is 20.5 Å². The van der Waals surface area contributed by atoms with Gasteiger partial charge in [0.2, 0.25) is 17.7 Å². The first kappa shape index (κ1) is 48.3. The third kappa shape index (κ3) is 11.1. The number of likely N-dealkylation sites (tertiary alicyclic amines) is 1. The zero-order valence-electron chi connectivity index (χ0n) is 37.1. The van der Waals surface area contributed by atoms with Gasteiger partial charge in [0.25, 0.3) is 5.91 Å². The van der Waals surface area contributed by atoms with Crippen LogP contribution in [0.4, 0.5) is 30.2 Å². The molecule has 348 valence electrons. The van der Waals surface area contributed by atoms with Crippen molar-refractivity contribution in [3.63, 3.8) is 0 Å².